The van der Waals surface area contributed by atoms with Crippen molar-refractivity contribution >= 4 is 0 Å². The van der Waals surface area contributed by atoms with Gasteiger partial charge >= 0.3 is 0 Å². The number of hydrogen-bond donors (Lipinski definition) is 1. The molecule has 0 amide bonds. The molecule has 3 rings (SSSR count). The van der Waals surface area contributed by atoms with Gasteiger partial charge < -0.3 is 5.11 Å². The molecule has 0 atom stereocenters. The minimum Gasteiger partial charge on any atom is -0.508 e. The molecular formula is C23H24O. The molecule has 0 spiro atoms. The number of aryl methyl sites for hydroxylation is 1. The predicted octanol–water partition coefficient (Wildman–Crippen LogP) is 5.99. The van der Waals surface area contributed by atoms with Gasteiger partial charge in [-0.15, -0.1) is 0 Å². The third-order valence-corrected chi connectivity index (χ3v) is 4.45. The fourth-order valence-corrected chi connectivity index (χ4v) is 3.11. The number of phenolic OH excluding ortho intramolecular Hbond substituents is 1. The van der Waals surface area contributed by atoms with Gasteiger partial charge in [0.25, 0.3) is 0 Å². The molecule has 3 aromatic carbocycles. The number of benzene rings is 3. The molecule has 1 nitrogen and oxygen atoms in total. The van der Waals surface area contributed by atoms with Crippen molar-refractivity contribution in [2.75, 3.05) is 0 Å². The molecule has 0 saturated heterocycles. The fourth-order valence-electron chi connectivity index (χ4n) is 3.11. The second-order valence-corrected chi connectivity index (χ2v) is 6.27. The van der Waals surface area contributed by atoms with Crippen molar-refractivity contribution in [3.05, 3.63) is 89.5 Å². The van der Waals surface area contributed by atoms with Gasteiger partial charge in [-0.2, -0.15) is 0 Å². The highest BCUT2D eigenvalue weighted by Gasteiger charge is 2.12. The lowest BCUT2D eigenvalue weighted by Gasteiger charge is -2.15. The zero-order valence-electron chi connectivity index (χ0n) is 14.2. The van der Waals surface area contributed by atoms with E-state index in [4.69, 9.17) is 0 Å². The molecule has 3 aromatic rings. The first-order valence-corrected chi connectivity index (χ1v) is 8.72. The van der Waals surface area contributed by atoms with Gasteiger partial charge in [0, 0.05) is 12.0 Å². The normalized spacial score (nSPS) is 10.7. The van der Waals surface area contributed by atoms with E-state index in [0.717, 1.165) is 42.4 Å². The van der Waals surface area contributed by atoms with Crippen LogP contribution >= 0.6 is 0 Å². The van der Waals surface area contributed by atoms with Gasteiger partial charge in [-0.25, -0.2) is 0 Å². The fraction of sp³-hybridized carbons (Fsp3) is 0.217. The average Bonchev–Trinajstić information content (AvgIpc) is 2.63. The Morgan fingerprint density at radius 2 is 1.46 bits per heavy atom. The van der Waals surface area contributed by atoms with E-state index < -0.39 is 0 Å². The molecule has 0 unspecified atom stereocenters. The molecule has 122 valence electrons. The van der Waals surface area contributed by atoms with Crippen molar-refractivity contribution in [2.45, 2.75) is 32.6 Å². The first-order chi connectivity index (χ1) is 11.8. The van der Waals surface area contributed by atoms with Gasteiger partial charge in [-0.3, -0.25) is 0 Å². The summed E-state index contributed by atoms with van der Waals surface area (Å²) in [6.45, 7) is 2.21. The Kier molecular flexibility index (Phi) is 5.32. The van der Waals surface area contributed by atoms with Gasteiger partial charge in [0.05, 0.1) is 0 Å². The molecule has 0 aliphatic heterocycles. The SMILES string of the molecule is CCCCc1cc(-c2ccccc2)cc(O)c1Cc1ccccc1. The van der Waals surface area contributed by atoms with Crippen LogP contribution in [0.1, 0.15) is 36.5 Å². The second-order valence-electron chi connectivity index (χ2n) is 6.27. The standard InChI is InChI=1S/C23H24O/c1-2-3-12-20-16-21(19-13-8-5-9-14-19)17-23(24)22(20)15-18-10-6-4-7-11-18/h4-11,13-14,16-17,24H,2-3,12,15H2,1H3. The van der Waals surface area contributed by atoms with Gasteiger partial charge in [0.1, 0.15) is 5.75 Å². The maximum Gasteiger partial charge on any atom is 0.119 e. The van der Waals surface area contributed by atoms with E-state index in [1.54, 1.807) is 0 Å². The van der Waals surface area contributed by atoms with Crippen molar-refractivity contribution < 1.29 is 5.11 Å². The van der Waals surface area contributed by atoms with Gasteiger partial charge in [-0.1, -0.05) is 80.1 Å². The maximum atomic E-state index is 10.7. The highest BCUT2D eigenvalue weighted by Crippen LogP contribution is 2.32. The van der Waals surface area contributed by atoms with E-state index in [1.807, 2.05) is 30.3 Å². The van der Waals surface area contributed by atoms with Crippen LogP contribution in [0.3, 0.4) is 0 Å². The third-order valence-electron chi connectivity index (χ3n) is 4.45. The molecule has 0 radical (unpaired) electrons. The van der Waals surface area contributed by atoms with Crippen LogP contribution in [0, 0.1) is 0 Å². The summed E-state index contributed by atoms with van der Waals surface area (Å²) in [5, 5.41) is 10.7. The number of phenols is 1. The van der Waals surface area contributed by atoms with Crippen LogP contribution < -0.4 is 0 Å². The van der Waals surface area contributed by atoms with E-state index in [0.29, 0.717) is 5.75 Å². The van der Waals surface area contributed by atoms with E-state index in [9.17, 15) is 5.11 Å². The summed E-state index contributed by atoms with van der Waals surface area (Å²) in [4.78, 5) is 0. The van der Waals surface area contributed by atoms with Crippen LogP contribution in [-0.2, 0) is 12.8 Å². The summed E-state index contributed by atoms with van der Waals surface area (Å²) in [5.74, 6) is 0.409. The molecule has 1 heteroatoms. The largest absolute Gasteiger partial charge is 0.508 e. The molecule has 0 heterocycles. The first-order valence-electron chi connectivity index (χ1n) is 8.72. The van der Waals surface area contributed by atoms with E-state index >= 15 is 0 Å². The van der Waals surface area contributed by atoms with Crippen molar-refractivity contribution in [2.24, 2.45) is 0 Å². The van der Waals surface area contributed by atoms with Crippen LogP contribution in [0.4, 0.5) is 0 Å². The molecule has 0 fully saturated rings. The van der Waals surface area contributed by atoms with Gasteiger partial charge in [-0.05, 0) is 41.2 Å². The second kappa shape index (κ2) is 7.83. The number of aromatic hydroxyl groups is 1. The van der Waals surface area contributed by atoms with Crippen LogP contribution in [0.5, 0.6) is 5.75 Å². The smallest absolute Gasteiger partial charge is 0.119 e. The van der Waals surface area contributed by atoms with E-state index in [-0.39, 0.29) is 0 Å². The van der Waals surface area contributed by atoms with Crippen LogP contribution in [-0.4, -0.2) is 5.11 Å². The Hall–Kier alpha value is -2.54. The zero-order valence-corrected chi connectivity index (χ0v) is 14.2. The quantitative estimate of drug-likeness (QED) is 0.592. The molecular weight excluding hydrogens is 292 g/mol. The molecule has 0 saturated carbocycles. The Morgan fingerprint density at radius 1 is 0.792 bits per heavy atom. The van der Waals surface area contributed by atoms with Crippen LogP contribution in [0.15, 0.2) is 72.8 Å². The molecule has 0 aromatic heterocycles. The lowest BCUT2D eigenvalue weighted by Crippen LogP contribution is -1.98. The summed E-state index contributed by atoms with van der Waals surface area (Å²) in [7, 11) is 0. The Labute approximate surface area is 144 Å². The van der Waals surface area contributed by atoms with Gasteiger partial charge in [0.2, 0.25) is 0 Å². The van der Waals surface area contributed by atoms with E-state index in [2.05, 4.69) is 49.4 Å². The summed E-state index contributed by atoms with van der Waals surface area (Å²) >= 11 is 0. The van der Waals surface area contributed by atoms with Gasteiger partial charge in [0.15, 0.2) is 0 Å². The Balaban J connectivity index is 2.01. The summed E-state index contributed by atoms with van der Waals surface area (Å²) in [5.41, 5.74) is 5.81. The van der Waals surface area contributed by atoms with Crippen LogP contribution in [0.25, 0.3) is 11.1 Å². The van der Waals surface area contributed by atoms with Crippen LogP contribution in [0.2, 0.25) is 0 Å². The Bertz CT molecular complexity index is 776. The Morgan fingerprint density at radius 3 is 2.12 bits per heavy atom. The minimum atomic E-state index is 0.409. The predicted molar refractivity (Wildman–Crippen MR) is 101 cm³/mol. The molecule has 0 aliphatic carbocycles. The molecule has 1 N–H and O–H groups in total. The highest BCUT2D eigenvalue weighted by molar-refractivity contribution is 5.67. The average molecular weight is 316 g/mol. The lowest BCUT2D eigenvalue weighted by atomic mass is 9.92. The summed E-state index contributed by atoms with van der Waals surface area (Å²) in [6.07, 6.45) is 4.08. The monoisotopic (exact) mass is 316 g/mol. The molecule has 0 aliphatic rings. The van der Waals surface area contributed by atoms with Crippen molar-refractivity contribution in [3.8, 4) is 16.9 Å². The first kappa shape index (κ1) is 16.3. The van der Waals surface area contributed by atoms with Crippen molar-refractivity contribution in [1.82, 2.24) is 0 Å². The maximum absolute atomic E-state index is 10.7. The lowest BCUT2D eigenvalue weighted by molar-refractivity contribution is 0.468. The topological polar surface area (TPSA) is 20.2 Å². The summed E-state index contributed by atoms with van der Waals surface area (Å²) in [6, 6.07) is 24.8. The third kappa shape index (κ3) is 3.86. The van der Waals surface area contributed by atoms with Crippen molar-refractivity contribution in [3.63, 3.8) is 0 Å². The molecule has 0 bridgehead atoms. The summed E-state index contributed by atoms with van der Waals surface area (Å²) < 4.78 is 0. The minimum absolute atomic E-state index is 0.409. The van der Waals surface area contributed by atoms with E-state index in [1.165, 1.54) is 11.1 Å². The van der Waals surface area contributed by atoms with Crippen molar-refractivity contribution in [1.29, 1.82) is 0 Å². The highest BCUT2D eigenvalue weighted by atomic mass is 16.3. The number of rotatable bonds is 6. The number of unbranched alkanes of at least 4 members (excludes halogenated alkanes) is 1. The molecule has 24 heavy (non-hydrogen) atoms. The number of hydrogen-bond acceptors (Lipinski definition) is 1. The zero-order chi connectivity index (χ0) is 16.8.